The van der Waals surface area contributed by atoms with E-state index < -0.39 is 0 Å². The summed E-state index contributed by atoms with van der Waals surface area (Å²) >= 11 is 0. The summed E-state index contributed by atoms with van der Waals surface area (Å²) < 4.78 is 9.86. The van der Waals surface area contributed by atoms with Gasteiger partial charge >= 0.3 is 0 Å². The highest BCUT2D eigenvalue weighted by Crippen LogP contribution is 2.03. The van der Waals surface area contributed by atoms with Crippen molar-refractivity contribution in [1.29, 1.82) is 0 Å². The number of carbonyl (C=O) groups is 1. The van der Waals surface area contributed by atoms with Gasteiger partial charge in [0.2, 0.25) is 6.29 Å². The Morgan fingerprint density at radius 2 is 2.67 bits per heavy atom. The molecule has 1 atom stereocenters. The van der Waals surface area contributed by atoms with E-state index in [-0.39, 0.29) is 6.29 Å². The molecule has 0 N–H and O–H groups in total. The highest BCUT2D eigenvalue weighted by Gasteiger charge is 2.08. The molecule has 3 heteroatoms. The zero-order chi connectivity index (χ0) is 6.53. The third-order valence-electron chi connectivity index (χ3n) is 0.994. The van der Waals surface area contributed by atoms with Gasteiger partial charge in [0.1, 0.15) is 6.29 Å². The second kappa shape index (κ2) is 3.25. The number of rotatable bonds is 2. The molecule has 1 aliphatic rings. The zero-order valence-electron chi connectivity index (χ0n) is 4.95. The summed E-state index contributed by atoms with van der Waals surface area (Å²) in [5, 5.41) is 0. The minimum absolute atomic E-state index is 0.310. The standard InChI is InChI=1S/C6H8O3/c7-3-2-6-8-4-1-5-9-6/h1,3-4,6H,2,5H2. The van der Waals surface area contributed by atoms with E-state index in [9.17, 15) is 4.79 Å². The number of aldehydes is 1. The number of ether oxygens (including phenoxy) is 2. The molecule has 1 heterocycles. The van der Waals surface area contributed by atoms with E-state index in [0.717, 1.165) is 6.29 Å². The Morgan fingerprint density at radius 3 is 3.22 bits per heavy atom. The minimum Gasteiger partial charge on any atom is -0.472 e. The van der Waals surface area contributed by atoms with Crippen LogP contribution in [-0.4, -0.2) is 19.2 Å². The second-order valence-corrected chi connectivity index (χ2v) is 1.67. The lowest BCUT2D eigenvalue weighted by atomic mass is 10.4. The molecule has 0 radical (unpaired) electrons. The largest absolute Gasteiger partial charge is 0.472 e. The molecule has 1 unspecified atom stereocenters. The Balaban J connectivity index is 2.26. The maximum Gasteiger partial charge on any atom is 0.205 e. The van der Waals surface area contributed by atoms with Gasteiger partial charge < -0.3 is 14.3 Å². The topological polar surface area (TPSA) is 35.5 Å². The van der Waals surface area contributed by atoms with Crippen molar-refractivity contribution >= 4 is 6.29 Å². The van der Waals surface area contributed by atoms with E-state index in [1.54, 1.807) is 12.3 Å². The van der Waals surface area contributed by atoms with Crippen molar-refractivity contribution in [2.45, 2.75) is 12.7 Å². The molecule has 9 heavy (non-hydrogen) atoms. The van der Waals surface area contributed by atoms with Gasteiger partial charge in [0, 0.05) is 0 Å². The molecule has 50 valence electrons. The molecular weight excluding hydrogens is 120 g/mol. The van der Waals surface area contributed by atoms with Crippen molar-refractivity contribution in [1.82, 2.24) is 0 Å². The lowest BCUT2D eigenvalue weighted by molar-refractivity contribution is -0.131. The summed E-state index contributed by atoms with van der Waals surface area (Å²) in [7, 11) is 0. The Bertz CT molecular complexity index is 119. The highest BCUT2D eigenvalue weighted by atomic mass is 16.7. The van der Waals surface area contributed by atoms with Crippen molar-refractivity contribution in [2.24, 2.45) is 0 Å². The first-order valence-electron chi connectivity index (χ1n) is 2.79. The van der Waals surface area contributed by atoms with Gasteiger partial charge in [-0.15, -0.1) is 0 Å². The quantitative estimate of drug-likeness (QED) is 0.507. The van der Waals surface area contributed by atoms with E-state index in [0.29, 0.717) is 13.0 Å². The van der Waals surface area contributed by atoms with Crippen LogP contribution in [0.25, 0.3) is 0 Å². The van der Waals surface area contributed by atoms with Crippen LogP contribution in [0, 0.1) is 0 Å². The molecule has 0 fully saturated rings. The van der Waals surface area contributed by atoms with Gasteiger partial charge in [-0.3, -0.25) is 0 Å². The smallest absolute Gasteiger partial charge is 0.205 e. The number of hydrogen-bond acceptors (Lipinski definition) is 3. The molecule has 3 nitrogen and oxygen atoms in total. The first kappa shape index (κ1) is 6.29. The normalized spacial score (nSPS) is 25.1. The van der Waals surface area contributed by atoms with Crippen LogP contribution >= 0.6 is 0 Å². The lowest BCUT2D eigenvalue weighted by Crippen LogP contribution is -2.18. The van der Waals surface area contributed by atoms with E-state index in [2.05, 4.69) is 0 Å². The molecule has 0 aliphatic carbocycles. The number of hydrogen-bond donors (Lipinski definition) is 0. The van der Waals surface area contributed by atoms with Crippen LogP contribution in [0.5, 0.6) is 0 Å². The Morgan fingerprint density at radius 1 is 1.78 bits per heavy atom. The summed E-state index contributed by atoms with van der Waals surface area (Å²) in [5.74, 6) is 0. The predicted molar refractivity (Wildman–Crippen MR) is 30.6 cm³/mol. The first-order valence-corrected chi connectivity index (χ1v) is 2.79. The van der Waals surface area contributed by atoms with Crippen molar-refractivity contribution in [3.63, 3.8) is 0 Å². The average molecular weight is 128 g/mol. The van der Waals surface area contributed by atoms with Crippen LogP contribution in [0.15, 0.2) is 12.3 Å². The first-order chi connectivity index (χ1) is 4.43. The SMILES string of the molecule is O=CCC1OC=CCO1. The van der Waals surface area contributed by atoms with E-state index >= 15 is 0 Å². The highest BCUT2D eigenvalue weighted by molar-refractivity contribution is 5.49. The summed E-state index contributed by atoms with van der Waals surface area (Å²) in [5.41, 5.74) is 0. The molecule has 0 aromatic rings. The summed E-state index contributed by atoms with van der Waals surface area (Å²) in [6.45, 7) is 0.540. The number of carbonyl (C=O) groups excluding carboxylic acids is 1. The average Bonchev–Trinajstić information content (AvgIpc) is 1.91. The van der Waals surface area contributed by atoms with Crippen LogP contribution in [0.3, 0.4) is 0 Å². The Hall–Kier alpha value is -0.830. The van der Waals surface area contributed by atoms with Crippen LogP contribution in [0.2, 0.25) is 0 Å². The zero-order valence-corrected chi connectivity index (χ0v) is 4.95. The lowest BCUT2D eigenvalue weighted by Gasteiger charge is -2.16. The van der Waals surface area contributed by atoms with Crippen molar-refractivity contribution in [2.75, 3.05) is 6.61 Å². The Kier molecular flexibility index (Phi) is 2.27. The predicted octanol–water partition coefficient (Wildman–Crippen LogP) is 0.462. The fourth-order valence-corrected chi connectivity index (χ4v) is 0.587. The molecule has 0 saturated heterocycles. The molecule has 0 aromatic heterocycles. The fourth-order valence-electron chi connectivity index (χ4n) is 0.587. The van der Waals surface area contributed by atoms with Gasteiger partial charge in [-0.05, 0) is 6.08 Å². The van der Waals surface area contributed by atoms with Crippen LogP contribution < -0.4 is 0 Å². The molecule has 0 bridgehead atoms. The molecule has 0 saturated carbocycles. The van der Waals surface area contributed by atoms with Crippen LogP contribution in [0.4, 0.5) is 0 Å². The molecule has 1 aliphatic heterocycles. The van der Waals surface area contributed by atoms with Crippen molar-refractivity contribution in [3.05, 3.63) is 12.3 Å². The monoisotopic (exact) mass is 128 g/mol. The maximum absolute atomic E-state index is 9.89. The van der Waals surface area contributed by atoms with Crippen LogP contribution in [-0.2, 0) is 14.3 Å². The molecule has 0 spiro atoms. The van der Waals surface area contributed by atoms with E-state index in [4.69, 9.17) is 9.47 Å². The molecule has 1 rings (SSSR count). The van der Waals surface area contributed by atoms with Gasteiger partial charge in [0.15, 0.2) is 0 Å². The minimum atomic E-state index is -0.354. The molecule has 0 amide bonds. The van der Waals surface area contributed by atoms with Gasteiger partial charge in [-0.1, -0.05) is 0 Å². The van der Waals surface area contributed by atoms with E-state index in [1.807, 2.05) is 0 Å². The summed E-state index contributed by atoms with van der Waals surface area (Å²) in [4.78, 5) is 9.89. The summed E-state index contributed by atoms with van der Waals surface area (Å²) in [6, 6.07) is 0. The van der Waals surface area contributed by atoms with E-state index in [1.165, 1.54) is 0 Å². The third kappa shape index (κ3) is 1.85. The van der Waals surface area contributed by atoms with Crippen molar-refractivity contribution in [3.8, 4) is 0 Å². The molecular formula is C6H8O3. The van der Waals surface area contributed by atoms with Crippen molar-refractivity contribution < 1.29 is 14.3 Å². The summed E-state index contributed by atoms with van der Waals surface area (Å²) in [6.07, 6.45) is 4.04. The van der Waals surface area contributed by atoms with Gasteiger partial charge in [-0.2, -0.15) is 0 Å². The fraction of sp³-hybridized carbons (Fsp3) is 0.500. The van der Waals surface area contributed by atoms with Crippen LogP contribution in [0.1, 0.15) is 6.42 Å². The maximum atomic E-state index is 9.89. The van der Waals surface area contributed by atoms with Gasteiger partial charge in [-0.25, -0.2) is 0 Å². The van der Waals surface area contributed by atoms with Gasteiger partial charge in [0.25, 0.3) is 0 Å². The van der Waals surface area contributed by atoms with Gasteiger partial charge in [0.05, 0.1) is 19.3 Å². The second-order valence-electron chi connectivity index (χ2n) is 1.67. The third-order valence-corrected chi connectivity index (χ3v) is 0.994. The Labute approximate surface area is 53.3 Å². The molecule has 0 aromatic carbocycles.